The van der Waals surface area contributed by atoms with E-state index in [4.69, 9.17) is 5.73 Å². The summed E-state index contributed by atoms with van der Waals surface area (Å²) in [4.78, 5) is 2.05. The van der Waals surface area contributed by atoms with E-state index in [0.717, 1.165) is 12.1 Å². The van der Waals surface area contributed by atoms with E-state index >= 15 is 0 Å². The monoisotopic (exact) mass is 272 g/mol. The van der Waals surface area contributed by atoms with E-state index < -0.39 is 0 Å². The molecule has 0 aliphatic rings. The maximum Gasteiger partial charge on any atom is 0.128 e. The van der Waals surface area contributed by atoms with E-state index in [1.165, 1.54) is 11.6 Å². The summed E-state index contributed by atoms with van der Waals surface area (Å²) >= 11 is 0. The maximum absolute atomic E-state index is 13.7. The number of anilines is 1. The third-order valence-electron chi connectivity index (χ3n) is 3.56. The molecule has 0 radical (unpaired) electrons. The molecule has 0 aromatic heterocycles. The molecule has 0 heterocycles. The van der Waals surface area contributed by atoms with Crippen molar-refractivity contribution >= 4 is 5.69 Å². The van der Waals surface area contributed by atoms with Crippen LogP contribution in [-0.2, 0) is 6.42 Å². The van der Waals surface area contributed by atoms with Crippen LogP contribution >= 0.6 is 0 Å². The molecule has 2 rings (SSSR count). The van der Waals surface area contributed by atoms with Crippen LogP contribution in [0.25, 0.3) is 0 Å². The zero-order valence-corrected chi connectivity index (χ0v) is 12.0. The summed E-state index contributed by atoms with van der Waals surface area (Å²) in [6.45, 7) is 2.71. The van der Waals surface area contributed by atoms with Gasteiger partial charge in [0.05, 0.1) is 6.04 Å². The first-order valence-corrected chi connectivity index (χ1v) is 6.92. The van der Waals surface area contributed by atoms with Crippen LogP contribution in [0, 0.1) is 5.82 Å². The molecular formula is C17H21FN2. The van der Waals surface area contributed by atoms with Gasteiger partial charge < -0.3 is 10.6 Å². The minimum Gasteiger partial charge on any atom is -0.373 e. The summed E-state index contributed by atoms with van der Waals surface area (Å²) < 4.78 is 13.7. The molecule has 0 fully saturated rings. The average molecular weight is 272 g/mol. The number of aryl methyl sites for hydroxylation is 1. The quantitative estimate of drug-likeness (QED) is 0.902. The highest BCUT2D eigenvalue weighted by atomic mass is 19.1. The van der Waals surface area contributed by atoms with Crippen LogP contribution < -0.4 is 10.6 Å². The van der Waals surface area contributed by atoms with Gasteiger partial charge in [-0.2, -0.15) is 0 Å². The molecule has 0 spiro atoms. The summed E-state index contributed by atoms with van der Waals surface area (Å²) in [5, 5.41) is 0. The number of nitrogens with two attached hydrogens (primary N) is 1. The van der Waals surface area contributed by atoms with Crippen molar-refractivity contribution in [2.45, 2.75) is 19.4 Å². The van der Waals surface area contributed by atoms with E-state index in [2.05, 4.69) is 36.1 Å². The van der Waals surface area contributed by atoms with Gasteiger partial charge in [-0.3, -0.25) is 0 Å². The summed E-state index contributed by atoms with van der Waals surface area (Å²) in [7, 11) is 1.97. The summed E-state index contributed by atoms with van der Waals surface area (Å²) in [5.41, 5.74) is 9.07. The molecule has 20 heavy (non-hydrogen) atoms. The average Bonchev–Trinajstić information content (AvgIpc) is 2.47. The summed E-state index contributed by atoms with van der Waals surface area (Å²) in [5.74, 6) is -0.241. The van der Waals surface area contributed by atoms with Crippen molar-refractivity contribution in [3.8, 4) is 0 Å². The topological polar surface area (TPSA) is 29.3 Å². The number of benzene rings is 2. The zero-order chi connectivity index (χ0) is 14.5. The lowest BCUT2D eigenvalue weighted by Crippen LogP contribution is -2.29. The molecule has 0 aliphatic carbocycles. The molecule has 0 aliphatic heterocycles. The molecule has 3 heteroatoms. The van der Waals surface area contributed by atoms with Gasteiger partial charge in [0.2, 0.25) is 0 Å². The van der Waals surface area contributed by atoms with Crippen molar-refractivity contribution in [2.24, 2.45) is 5.73 Å². The van der Waals surface area contributed by atoms with Crippen LogP contribution in [0.5, 0.6) is 0 Å². The summed E-state index contributed by atoms with van der Waals surface area (Å²) in [6.07, 6.45) is 1.03. The van der Waals surface area contributed by atoms with Gasteiger partial charge in [-0.05, 0) is 30.2 Å². The number of nitrogens with zero attached hydrogens (tertiary/aromatic N) is 1. The molecule has 1 atom stereocenters. The Morgan fingerprint density at radius 2 is 1.75 bits per heavy atom. The minimum atomic E-state index is -0.341. The van der Waals surface area contributed by atoms with Crippen LogP contribution in [0.2, 0.25) is 0 Å². The Morgan fingerprint density at radius 3 is 2.35 bits per heavy atom. The number of likely N-dealkylation sites (N-methyl/N-ethyl adjacent to an activating group) is 1. The molecule has 2 aromatic carbocycles. The van der Waals surface area contributed by atoms with Gasteiger partial charge in [0.25, 0.3) is 0 Å². The second-order valence-electron chi connectivity index (χ2n) is 5.03. The maximum atomic E-state index is 13.7. The van der Waals surface area contributed by atoms with Crippen molar-refractivity contribution in [2.75, 3.05) is 18.5 Å². The number of hydrogen-bond donors (Lipinski definition) is 1. The predicted octanol–water partition coefficient (Wildman–Crippen LogP) is 3.52. The van der Waals surface area contributed by atoms with Crippen molar-refractivity contribution in [1.82, 2.24) is 0 Å². The lowest BCUT2D eigenvalue weighted by atomic mass is 10.1. The van der Waals surface area contributed by atoms with Gasteiger partial charge in [0.15, 0.2) is 0 Å². The van der Waals surface area contributed by atoms with Gasteiger partial charge >= 0.3 is 0 Å². The zero-order valence-electron chi connectivity index (χ0n) is 12.0. The molecule has 0 saturated carbocycles. The second-order valence-corrected chi connectivity index (χ2v) is 5.03. The fourth-order valence-corrected chi connectivity index (χ4v) is 2.26. The molecule has 0 amide bonds. The van der Waals surface area contributed by atoms with E-state index in [0.29, 0.717) is 12.1 Å². The van der Waals surface area contributed by atoms with Gasteiger partial charge in [-0.15, -0.1) is 0 Å². The van der Waals surface area contributed by atoms with E-state index in [-0.39, 0.29) is 11.9 Å². The Kier molecular flexibility index (Phi) is 4.74. The lowest BCUT2D eigenvalue weighted by molar-refractivity contribution is 0.580. The molecule has 106 valence electrons. The molecule has 0 saturated heterocycles. The lowest BCUT2D eigenvalue weighted by Gasteiger charge is -2.24. The standard InChI is InChI=1S/C17H21FN2/c1-3-13-8-10-14(11-9-13)20(2)12-17(19)15-6-4-5-7-16(15)18/h4-11,17H,3,12,19H2,1-2H3. The highest BCUT2D eigenvalue weighted by Gasteiger charge is 2.13. The highest BCUT2D eigenvalue weighted by molar-refractivity contribution is 5.47. The largest absolute Gasteiger partial charge is 0.373 e. The smallest absolute Gasteiger partial charge is 0.128 e. The number of hydrogen-bond acceptors (Lipinski definition) is 2. The summed E-state index contributed by atoms with van der Waals surface area (Å²) in [6, 6.07) is 14.7. The van der Waals surface area contributed by atoms with Crippen LogP contribution in [0.4, 0.5) is 10.1 Å². The van der Waals surface area contributed by atoms with Crippen LogP contribution in [0.1, 0.15) is 24.1 Å². The van der Waals surface area contributed by atoms with Gasteiger partial charge in [0.1, 0.15) is 5.82 Å². The molecule has 2 nitrogen and oxygen atoms in total. The first kappa shape index (κ1) is 14.5. The fraction of sp³-hybridized carbons (Fsp3) is 0.294. The van der Waals surface area contributed by atoms with Crippen LogP contribution in [-0.4, -0.2) is 13.6 Å². The number of halogens is 1. The predicted molar refractivity (Wildman–Crippen MR) is 82.4 cm³/mol. The van der Waals surface area contributed by atoms with E-state index in [1.807, 2.05) is 13.1 Å². The first-order valence-electron chi connectivity index (χ1n) is 6.92. The van der Waals surface area contributed by atoms with E-state index in [9.17, 15) is 4.39 Å². The van der Waals surface area contributed by atoms with Crippen molar-refractivity contribution in [1.29, 1.82) is 0 Å². The normalized spacial score (nSPS) is 12.2. The van der Waals surface area contributed by atoms with Gasteiger partial charge in [-0.1, -0.05) is 37.3 Å². The van der Waals surface area contributed by atoms with Crippen molar-refractivity contribution in [3.05, 3.63) is 65.5 Å². The Hall–Kier alpha value is -1.87. The minimum absolute atomic E-state index is 0.241. The van der Waals surface area contributed by atoms with Crippen LogP contribution in [0.15, 0.2) is 48.5 Å². The SMILES string of the molecule is CCc1ccc(N(C)CC(N)c2ccccc2F)cc1. The Labute approximate surface area is 120 Å². The molecule has 2 N–H and O–H groups in total. The molecule has 2 aromatic rings. The van der Waals surface area contributed by atoms with Gasteiger partial charge in [0, 0.05) is 24.8 Å². The second kappa shape index (κ2) is 6.53. The fourth-order valence-electron chi connectivity index (χ4n) is 2.26. The van der Waals surface area contributed by atoms with Gasteiger partial charge in [-0.25, -0.2) is 4.39 Å². The van der Waals surface area contributed by atoms with Crippen molar-refractivity contribution in [3.63, 3.8) is 0 Å². The first-order chi connectivity index (χ1) is 9.61. The van der Waals surface area contributed by atoms with Crippen LogP contribution in [0.3, 0.4) is 0 Å². The molecule has 0 bridgehead atoms. The number of rotatable bonds is 5. The Balaban J connectivity index is 2.06. The Bertz CT molecular complexity index is 551. The molecular weight excluding hydrogens is 251 g/mol. The third-order valence-corrected chi connectivity index (χ3v) is 3.56. The highest BCUT2D eigenvalue weighted by Crippen LogP contribution is 2.19. The van der Waals surface area contributed by atoms with Crippen molar-refractivity contribution < 1.29 is 4.39 Å². The van der Waals surface area contributed by atoms with E-state index in [1.54, 1.807) is 12.1 Å². The Morgan fingerprint density at radius 1 is 1.10 bits per heavy atom. The molecule has 1 unspecified atom stereocenters. The third kappa shape index (κ3) is 3.36.